The fraction of sp³-hybridized carbons (Fsp3) is 0.333. The Bertz CT molecular complexity index is 357. The van der Waals surface area contributed by atoms with Gasteiger partial charge in [-0.1, -0.05) is 49.3 Å². The van der Waals surface area contributed by atoms with Crippen molar-refractivity contribution in [3.8, 4) is 0 Å². The summed E-state index contributed by atoms with van der Waals surface area (Å²) >= 11 is 0. The van der Waals surface area contributed by atoms with Crippen molar-refractivity contribution in [1.82, 2.24) is 0 Å². The third-order valence-corrected chi connectivity index (χ3v) is 2.91. The highest BCUT2D eigenvalue weighted by atomic mass is 15.1. The van der Waals surface area contributed by atoms with Crippen LogP contribution >= 0.6 is 0 Å². The van der Waals surface area contributed by atoms with Crippen molar-refractivity contribution >= 4 is 17.9 Å². The molecule has 0 unspecified atom stereocenters. The molecular weight excluding hydrogens is 169 g/mol. The molecule has 1 aromatic carbocycles. The molecule has 0 N–H and O–H groups in total. The Kier molecular flexibility index (Phi) is 2.36. The van der Waals surface area contributed by atoms with E-state index in [9.17, 15) is 0 Å². The molecule has 0 saturated heterocycles. The zero-order valence-electron chi connectivity index (χ0n) is 9.07. The van der Waals surface area contributed by atoms with E-state index in [0.29, 0.717) is 12.5 Å². The maximum absolute atomic E-state index is 2.30. The van der Waals surface area contributed by atoms with Gasteiger partial charge in [0.2, 0.25) is 6.71 Å². The summed E-state index contributed by atoms with van der Waals surface area (Å²) in [4.78, 5) is 2.19. The Morgan fingerprint density at radius 2 is 1.93 bits per heavy atom. The normalized spacial score (nSPS) is 14.9. The van der Waals surface area contributed by atoms with Gasteiger partial charge in [-0.3, -0.25) is 0 Å². The SMILES string of the molecule is CC(C)B1C=CN(C)c2ccccc21. The van der Waals surface area contributed by atoms with E-state index in [-0.39, 0.29) is 0 Å². The number of nitrogens with zero attached hydrogens (tertiary/aromatic N) is 1. The quantitative estimate of drug-likeness (QED) is 0.606. The highest BCUT2D eigenvalue weighted by Gasteiger charge is 2.24. The van der Waals surface area contributed by atoms with Crippen LogP contribution in [0.2, 0.25) is 5.82 Å². The van der Waals surface area contributed by atoms with Crippen LogP contribution in [-0.4, -0.2) is 13.8 Å². The number of hydrogen-bond donors (Lipinski definition) is 0. The molecule has 1 heterocycles. The van der Waals surface area contributed by atoms with E-state index < -0.39 is 0 Å². The Morgan fingerprint density at radius 1 is 1.21 bits per heavy atom. The van der Waals surface area contributed by atoms with Crippen LogP contribution in [0.15, 0.2) is 36.4 Å². The molecule has 72 valence electrons. The van der Waals surface area contributed by atoms with E-state index >= 15 is 0 Å². The summed E-state index contributed by atoms with van der Waals surface area (Å²) in [6.45, 7) is 5.12. The van der Waals surface area contributed by atoms with E-state index in [1.165, 1.54) is 11.2 Å². The zero-order chi connectivity index (χ0) is 10.1. The number of anilines is 1. The van der Waals surface area contributed by atoms with Crippen molar-refractivity contribution in [2.75, 3.05) is 11.9 Å². The van der Waals surface area contributed by atoms with Gasteiger partial charge in [0.25, 0.3) is 0 Å². The molecule has 0 aromatic heterocycles. The fourth-order valence-corrected chi connectivity index (χ4v) is 2.08. The zero-order valence-corrected chi connectivity index (χ0v) is 9.07. The maximum atomic E-state index is 2.30. The molecule has 0 radical (unpaired) electrons. The van der Waals surface area contributed by atoms with Crippen LogP contribution < -0.4 is 10.4 Å². The first kappa shape index (κ1) is 9.38. The molecule has 0 spiro atoms. The minimum Gasteiger partial charge on any atom is -0.353 e. The van der Waals surface area contributed by atoms with E-state index in [0.717, 1.165) is 0 Å². The summed E-state index contributed by atoms with van der Waals surface area (Å²) in [5, 5.41) is 0. The summed E-state index contributed by atoms with van der Waals surface area (Å²) in [7, 11) is 2.10. The Morgan fingerprint density at radius 3 is 2.64 bits per heavy atom. The van der Waals surface area contributed by atoms with Crippen LogP contribution in [0.4, 0.5) is 5.69 Å². The molecule has 14 heavy (non-hydrogen) atoms. The third kappa shape index (κ3) is 1.45. The van der Waals surface area contributed by atoms with Crippen molar-refractivity contribution in [3.05, 3.63) is 36.4 Å². The fourth-order valence-electron chi connectivity index (χ4n) is 2.08. The van der Waals surface area contributed by atoms with Crippen molar-refractivity contribution < 1.29 is 0 Å². The summed E-state index contributed by atoms with van der Waals surface area (Å²) in [6, 6.07) is 8.65. The van der Waals surface area contributed by atoms with Crippen LogP contribution in [0.1, 0.15) is 13.8 Å². The van der Waals surface area contributed by atoms with Crippen molar-refractivity contribution in [2.24, 2.45) is 0 Å². The topological polar surface area (TPSA) is 3.24 Å². The molecule has 2 rings (SSSR count). The first-order valence-electron chi connectivity index (χ1n) is 5.20. The number of hydrogen-bond acceptors (Lipinski definition) is 1. The largest absolute Gasteiger partial charge is 0.353 e. The summed E-state index contributed by atoms with van der Waals surface area (Å²) in [6.07, 6.45) is 2.17. The van der Waals surface area contributed by atoms with E-state index in [2.05, 4.69) is 62.2 Å². The van der Waals surface area contributed by atoms with Gasteiger partial charge < -0.3 is 4.90 Å². The van der Waals surface area contributed by atoms with Gasteiger partial charge in [-0.25, -0.2) is 0 Å². The molecular formula is C12H16BN. The summed E-state index contributed by atoms with van der Waals surface area (Å²) < 4.78 is 0. The standard InChI is InChI=1S/C12H16BN/c1-10(2)13-8-9-14(3)12-7-5-4-6-11(12)13/h4-10H,1-3H3. The van der Waals surface area contributed by atoms with Gasteiger partial charge in [-0.05, 0) is 12.3 Å². The second-order valence-electron chi connectivity index (χ2n) is 4.28. The minimum absolute atomic E-state index is 0.572. The van der Waals surface area contributed by atoms with Crippen molar-refractivity contribution in [2.45, 2.75) is 19.7 Å². The van der Waals surface area contributed by atoms with Crippen molar-refractivity contribution in [3.63, 3.8) is 0 Å². The lowest BCUT2D eigenvalue weighted by Crippen LogP contribution is -2.38. The van der Waals surface area contributed by atoms with Gasteiger partial charge in [0.1, 0.15) is 0 Å². The first-order valence-corrected chi connectivity index (χ1v) is 5.20. The lowest BCUT2D eigenvalue weighted by molar-refractivity contribution is 1.05. The van der Waals surface area contributed by atoms with Crippen LogP contribution in [0.5, 0.6) is 0 Å². The van der Waals surface area contributed by atoms with Crippen LogP contribution in [0.25, 0.3) is 0 Å². The van der Waals surface area contributed by atoms with Crippen molar-refractivity contribution in [1.29, 1.82) is 0 Å². The second-order valence-corrected chi connectivity index (χ2v) is 4.28. The molecule has 0 bridgehead atoms. The molecule has 2 heteroatoms. The van der Waals surface area contributed by atoms with E-state index in [1.807, 2.05) is 0 Å². The second kappa shape index (κ2) is 3.53. The smallest absolute Gasteiger partial charge is 0.207 e. The van der Waals surface area contributed by atoms with E-state index in [4.69, 9.17) is 0 Å². The maximum Gasteiger partial charge on any atom is 0.207 e. The van der Waals surface area contributed by atoms with Gasteiger partial charge >= 0.3 is 0 Å². The summed E-state index contributed by atoms with van der Waals surface area (Å²) in [5.74, 6) is 2.97. The van der Waals surface area contributed by atoms with E-state index in [1.54, 1.807) is 0 Å². The molecule has 1 nitrogen and oxygen atoms in total. The Labute approximate surface area is 86.5 Å². The average Bonchev–Trinajstić information content (AvgIpc) is 2.18. The Balaban J connectivity index is 2.47. The number of rotatable bonds is 1. The molecule has 0 fully saturated rings. The van der Waals surface area contributed by atoms with Gasteiger partial charge in [-0.2, -0.15) is 0 Å². The summed E-state index contributed by atoms with van der Waals surface area (Å²) in [5.41, 5.74) is 2.79. The average molecular weight is 185 g/mol. The van der Waals surface area contributed by atoms with Crippen LogP contribution in [0.3, 0.4) is 0 Å². The highest BCUT2D eigenvalue weighted by Crippen LogP contribution is 2.20. The van der Waals surface area contributed by atoms with Gasteiger partial charge in [0.15, 0.2) is 0 Å². The first-order chi connectivity index (χ1) is 6.70. The predicted octanol–water partition coefficient (Wildman–Crippen LogP) is 2.30. The number of benzene rings is 1. The monoisotopic (exact) mass is 185 g/mol. The molecule has 1 aliphatic heterocycles. The lowest BCUT2D eigenvalue weighted by Gasteiger charge is -2.27. The Hall–Kier alpha value is -1.18. The van der Waals surface area contributed by atoms with Gasteiger partial charge in [0.05, 0.1) is 0 Å². The highest BCUT2D eigenvalue weighted by molar-refractivity contribution is 6.80. The molecule has 1 aliphatic rings. The third-order valence-electron chi connectivity index (χ3n) is 2.91. The molecule has 0 atom stereocenters. The predicted molar refractivity (Wildman–Crippen MR) is 64.5 cm³/mol. The van der Waals surface area contributed by atoms with Crippen LogP contribution in [0, 0.1) is 0 Å². The number of fused-ring (bicyclic) bond motifs is 1. The van der Waals surface area contributed by atoms with Crippen LogP contribution in [-0.2, 0) is 0 Å². The van der Waals surface area contributed by atoms with Gasteiger partial charge in [-0.15, -0.1) is 0 Å². The van der Waals surface area contributed by atoms with Gasteiger partial charge in [0, 0.05) is 12.7 Å². The minimum atomic E-state index is 0.572. The lowest BCUT2D eigenvalue weighted by atomic mass is 9.37. The molecule has 0 saturated carbocycles. The molecule has 0 amide bonds. The molecule has 0 aliphatic carbocycles. The number of para-hydroxylation sites is 1. The molecule has 1 aromatic rings.